The maximum Gasteiger partial charge on any atom is 0.308 e. The minimum absolute atomic E-state index is 0.168. The van der Waals surface area contributed by atoms with Crippen molar-refractivity contribution in [3.63, 3.8) is 0 Å². The van der Waals surface area contributed by atoms with E-state index in [9.17, 15) is 9.90 Å². The molecule has 2 aliphatic rings. The molecule has 3 rings (SSSR count). The first-order chi connectivity index (χ1) is 10.0. The summed E-state index contributed by atoms with van der Waals surface area (Å²) in [6.07, 6.45) is 4.72. The van der Waals surface area contributed by atoms with Crippen LogP contribution in [0.2, 0.25) is 0 Å². The second kappa shape index (κ2) is 5.30. The number of fused-ring (bicyclic) bond motifs is 2. The number of carboxylic acids is 1. The third kappa shape index (κ3) is 2.29. The molecule has 0 aliphatic carbocycles. The zero-order valence-electron chi connectivity index (χ0n) is 12.8. The Labute approximate surface area is 124 Å². The van der Waals surface area contributed by atoms with Gasteiger partial charge in [-0.05, 0) is 33.1 Å². The zero-order valence-corrected chi connectivity index (χ0v) is 12.8. The Morgan fingerprint density at radius 2 is 2.24 bits per heavy atom. The van der Waals surface area contributed by atoms with Gasteiger partial charge in [-0.1, -0.05) is 0 Å². The van der Waals surface area contributed by atoms with E-state index in [1.165, 1.54) is 0 Å². The summed E-state index contributed by atoms with van der Waals surface area (Å²) < 4.78 is 5.46. The van der Waals surface area contributed by atoms with Gasteiger partial charge in [-0.15, -0.1) is 0 Å². The molecule has 0 spiro atoms. The lowest BCUT2D eigenvalue weighted by atomic mass is 9.89. The van der Waals surface area contributed by atoms with Gasteiger partial charge in [-0.2, -0.15) is 0 Å². The summed E-state index contributed by atoms with van der Waals surface area (Å²) in [6.45, 7) is 4.74. The average molecular weight is 290 g/mol. The van der Waals surface area contributed by atoms with Crippen LogP contribution in [0.5, 0.6) is 5.75 Å². The molecule has 2 fully saturated rings. The first-order valence-electron chi connectivity index (χ1n) is 7.50. The summed E-state index contributed by atoms with van der Waals surface area (Å²) in [5.41, 5.74) is 3.10. The van der Waals surface area contributed by atoms with Gasteiger partial charge in [0, 0.05) is 36.0 Å². The van der Waals surface area contributed by atoms with Crippen LogP contribution in [-0.2, 0) is 11.3 Å². The van der Waals surface area contributed by atoms with Crippen LogP contribution in [0.1, 0.15) is 36.1 Å². The van der Waals surface area contributed by atoms with Crippen molar-refractivity contribution in [3.05, 3.63) is 23.0 Å². The molecule has 3 unspecified atom stereocenters. The number of carbonyl (C=O) groups is 1. The molecule has 3 heterocycles. The first-order valence-corrected chi connectivity index (χ1v) is 7.50. The molecule has 21 heavy (non-hydrogen) atoms. The maximum atomic E-state index is 11.3. The number of ether oxygens (including phenoxy) is 1. The summed E-state index contributed by atoms with van der Waals surface area (Å²) >= 11 is 0. The van der Waals surface area contributed by atoms with Crippen LogP contribution < -0.4 is 4.74 Å². The summed E-state index contributed by atoms with van der Waals surface area (Å²) in [4.78, 5) is 18.2. The normalized spacial score (nSPS) is 28.0. The maximum absolute atomic E-state index is 11.3. The van der Waals surface area contributed by atoms with Crippen molar-refractivity contribution >= 4 is 5.97 Å². The molecule has 0 radical (unpaired) electrons. The number of rotatable bonds is 4. The summed E-state index contributed by atoms with van der Waals surface area (Å²) in [5, 5.41) is 9.33. The van der Waals surface area contributed by atoms with E-state index < -0.39 is 5.97 Å². The number of hydrogen-bond acceptors (Lipinski definition) is 4. The van der Waals surface area contributed by atoms with Gasteiger partial charge in [0.15, 0.2) is 0 Å². The highest BCUT2D eigenvalue weighted by Crippen LogP contribution is 2.43. The van der Waals surface area contributed by atoms with Crippen molar-refractivity contribution in [1.29, 1.82) is 0 Å². The molecular formula is C16H22N2O3. The van der Waals surface area contributed by atoms with Crippen LogP contribution in [0.15, 0.2) is 6.20 Å². The molecule has 1 aromatic heterocycles. The third-order valence-corrected chi connectivity index (χ3v) is 5.08. The number of aliphatic carboxylic acids is 1. The monoisotopic (exact) mass is 290 g/mol. The number of pyridine rings is 1. The molecule has 2 aliphatic heterocycles. The number of aromatic nitrogens is 1. The Balaban J connectivity index is 1.84. The Kier molecular flexibility index (Phi) is 3.61. The van der Waals surface area contributed by atoms with Crippen LogP contribution >= 0.6 is 0 Å². The van der Waals surface area contributed by atoms with Gasteiger partial charge in [0.25, 0.3) is 0 Å². The molecule has 2 bridgehead atoms. The highest BCUT2D eigenvalue weighted by Gasteiger charge is 2.49. The summed E-state index contributed by atoms with van der Waals surface area (Å²) in [7, 11) is 1.68. The van der Waals surface area contributed by atoms with Gasteiger partial charge < -0.3 is 9.84 Å². The second-order valence-electron chi connectivity index (χ2n) is 6.20. The molecule has 2 saturated heterocycles. The molecule has 0 saturated carbocycles. The fraction of sp³-hybridized carbons (Fsp3) is 0.625. The minimum Gasteiger partial charge on any atom is -0.496 e. The fourth-order valence-electron chi connectivity index (χ4n) is 4.02. The van der Waals surface area contributed by atoms with Gasteiger partial charge in [0.1, 0.15) is 5.75 Å². The molecule has 0 aromatic carbocycles. The lowest BCUT2D eigenvalue weighted by Gasteiger charge is -2.23. The predicted molar refractivity (Wildman–Crippen MR) is 78.4 cm³/mol. The SMILES string of the molecule is COc1c(C)cnc(CN2C3CCC2C(C(=O)O)C3)c1C. The van der Waals surface area contributed by atoms with Crippen LogP contribution in [0.3, 0.4) is 0 Å². The van der Waals surface area contributed by atoms with E-state index in [1.807, 2.05) is 20.0 Å². The Morgan fingerprint density at radius 1 is 1.48 bits per heavy atom. The van der Waals surface area contributed by atoms with E-state index in [2.05, 4.69) is 9.88 Å². The Morgan fingerprint density at radius 3 is 2.86 bits per heavy atom. The van der Waals surface area contributed by atoms with Crippen molar-refractivity contribution in [3.8, 4) is 5.75 Å². The second-order valence-corrected chi connectivity index (χ2v) is 6.20. The smallest absolute Gasteiger partial charge is 0.308 e. The average Bonchev–Trinajstić information content (AvgIpc) is 2.99. The van der Waals surface area contributed by atoms with E-state index >= 15 is 0 Å². The standard InChI is InChI=1S/C16H22N2O3/c1-9-7-17-13(10(2)15(9)21-3)8-18-11-4-5-14(18)12(6-11)16(19)20/h7,11-12,14H,4-6,8H2,1-3H3,(H,19,20). The highest BCUT2D eigenvalue weighted by molar-refractivity contribution is 5.71. The van der Waals surface area contributed by atoms with E-state index in [0.29, 0.717) is 6.04 Å². The largest absolute Gasteiger partial charge is 0.496 e. The molecule has 1 N–H and O–H groups in total. The van der Waals surface area contributed by atoms with Gasteiger partial charge >= 0.3 is 5.97 Å². The molecule has 1 aromatic rings. The van der Waals surface area contributed by atoms with Gasteiger partial charge in [-0.3, -0.25) is 14.7 Å². The van der Waals surface area contributed by atoms with E-state index in [-0.39, 0.29) is 12.0 Å². The summed E-state index contributed by atoms with van der Waals surface area (Å²) in [5.74, 6) is 0.0242. The molecule has 114 valence electrons. The zero-order chi connectivity index (χ0) is 15.1. The van der Waals surface area contributed by atoms with Crippen molar-refractivity contribution in [2.24, 2.45) is 5.92 Å². The number of methoxy groups -OCH3 is 1. The third-order valence-electron chi connectivity index (χ3n) is 5.08. The van der Waals surface area contributed by atoms with Crippen molar-refractivity contribution in [2.75, 3.05) is 7.11 Å². The fourth-order valence-corrected chi connectivity index (χ4v) is 4.02. The topological polar surface area (TPSA) is 62.7 Å². The number of hydrogen-bond donors (Lipinski definition) is 1. The van der Waals surface area contributed by atoms with Crippen LogP contribution in [-0.4, -0.2) is 40.2 Å². The quantitative estimate of drug-likeness (QED) is 0.920. The summed E-state index contributed by atoms with van der Waals surface area (Å²) in [6, 6.07) is 0.561. The lowest BCUT2D eigenvalue weighted by molar-refractivity contribution is -0.142. The molecular weight excluding hydrogens is 268 g/mol. The van der Waals surface area contributed by atoms with Gasteiger partial charge in [0.2, 0.25) is 0 Å². The van der Waals surface area contributed by atoms with E-state index in [1.54, 1.807) is 7.11 Å². The molecule has 0 amide bonds. The molecule has 5 heteroatoms. The number of aryl methyl sites for hydroxylation is 1. The lowest BCUT2D eigenvalue weighted by Crippen LogP contribution is -2.33. The Bertz CT molecular complexity index is 573. The van der Waals surface area contributed by atoms with Crippen molar-refractivity contribution in [2.45, 2.75) is 51.7 Å². The molecule has 5 nitrogen and oxygen atoms in total. The number of nitrogens with zero attached hydrogens (tertiary/aromatic N) is 2. The van der Waals surface area contributed by atoms with Crippen LogP contribution in [0.25, 0.3) is 0 Å². The van der Waals surface area contributed by atoms with E-state index in [4.69, 9.17) is 4.74 Å². The first kappa shape index (κ1) is 14.3. The van der Waals surface area contributed by atoms with Crippen molar-refractivity contribution < 1.29 is 14.6 Å². The van der Waals surface area contributed by atoms with Gasteiger partial charge in [-0.25, -0.2) is 0 Å². The van der Waals surface area contributed by atoms with Gasteiger partial charge in [0.05, 0.1) is 18.7 Å². The van der Waals surface area contributed by atoms with Crippen LogP contribution in [0, 0.1) is 19.8 Å². The Hall–Kier alpha value is -1.62. The molecule has 3 atom stereocenters. The highest BCUT2D eigenvalue weighted by atomic mass is 16.5. The van der Waals surface area contributed by atoms with Crippen LogP contribution in [0.4, 0.5) is 0 Å². The predicted octanol–water partition coefficient (Wildman–Crippen LogP) is 2.14. The van der Waals surface area contributed by atoms with Crippen molar-refractivity contribution in [1.82, 2.24) is 9.88 Å². The minimum atomic E-state index is -0.654. The van der Waals surface area contributed by atoms with E-state index in [0.717, 1.165) is 48.4 Å². The number of carboxylic acid groups (broad SMARTS) is 1.